The summed E-state index contributed by atoms with van der Waals surface area (Å²) in [5.74, 6) is -1.22. The lowest BCUT2D eigenvalue weighted by Gasteiger charge is -2.25. The molecule has 0 amide bonds. The van der Waals surface area contributed by atoms with Gasteiger partial charge in [0.2, 0.25) is 0 Å². The van der Waals surface area contributed by atoms with E-state index in [1.807, 2.05) is 11.8 Å². The predicted molar refractivity (Wildman–Crippen MR) is 110 cm³/mol. The van der Waals surface area contributed by atoms with Crippen LogP contribution in [0, 0.1) is 18.7 Å². The van der Waals surface area contributed by atoms with Crippen LogP contribution in [0.25, 0.3) is 5.52 Å². The van der Waals surface area contributed by atoms with E-state index in [4.69, 9.17) is 5.73 Å². The van der Waals surface area contributed by atoms with Crippen LogP contribution >= 0.6 is 0 Å². The summed E-state index contributed by atoms with van der Waals surface area (Å²) in [6.07, 6.45) is 5.98. The fourth-order valence-corrected chi connectivity index (χ4v) is 4.80. The number of carboxylic acids is 1. The Morgan fingerprint density at radius 3 is 2.72 bits per heavy atom. The van der Waals surface area contributed by atoms with E-state index in [1.165, 1.54) is 10.5 Å². The Labute approximate surface area is 169 Å². The second kappa shape index (κ2) is 7.44. The molecular weight excluding hydrogens is 373 g/mol. The van der Waals surface area contributed by atoms with Gasteiger partial charge >= 0.3 is 5.97 Å². The van der Waals surface area contributed by atoms with Gasteiger partial charge < -0.3 is 15.7 Å². The monoisotopic (exact) mass is 401 g/mol. The highest BCUT2D eigenvalue weighted by Crippen LogP contribution is 2.44. The minimum absolute atomic E-state index is 0.108. The molecule has 2 fully saturated rings. The van der Waals surface area contributed by atoms with E-state index >= 15 is 4.39 Å². The minimum atomic E-state index is -1.28. The molecule has 4 rings (SSSR count). The van der Waals surface area contributed by atoms with E-state index in [9.17, 15) is 14.7 Å². The standard InChI is InChI=1S/C22H28FN3O3/c1-3-4-18(24)14-7-8-25(10-14)20-12(2)19-15(13-5-6-13)9-16(22(28)29)21(27)26(19)11-17(20)23/h9,11,13-14,18H,3-8,10,24H2,1-2H3,(H,28,29)/t14-,18?/m1/s1. The van der Waals surface area contributed by atoms with Crippen molar-refractivity contribution in [2.75, 3.05) is 18.0 Å². The average Bonchev–Trinajstić information content (AvgIpc) is 3.40. The van der Waals surface area contributed by atoms with Crippen LogP contribution in [0.15, 0.2) is 17.1 Å². The highest BCUT2D eigenvalue weighted by Gasteiger charge is 2.33. The number of pyridine rings is 2. The van der Waals surface area contributed by atoms with Gasteiger partial charge in [0.25, 0.3) is 5.56 Å². The summed E-state index contributed by atoms with van der Waals surface area (Å²) < 4.78 is 16.4. The highest BCUT2D eigenvalue weighted by molar-refractivity contribution is 5.89. The number of hydrogen-bond donors (Lipinski definition) is 2. The zero-order valence-electron chi connectivity index (χ0n) is 16.9. The molecule has 7 heteroatoms. The van der Waals surface area contributed by atoms with E-state index < -0.39 is 17.3 Å². The molecule has 0 aromatic carbocycles. The Bertz CT molecular complexity index is 1030. The van der Waals surface area contributed by atoms with Gasteiger partial charge in [0.1, 0.15) is 5.56 Å². The van der Waals surface area contributed by atoms with Crippen LogP contribution in [0.4, 0.5) is 10.1 Å². The molecule has 2 aromatic heterocycles. The van der Waals surface area contributed by atoms with Crippen LogP contribution < -0.4 is 16.2 Å². The summed E-state index contributed by atoms with van der Waals surface area (Å²) in [6.45, 7) is 5.37. The SMILES string of the molecule is CCCC(N)[C@@H]1CCN(c2c(F)cn3c(=O)c(C(=O)O)cc(C4CC4)c3c2C)C1. The van der Waals surface area contributed by atoms with E-state index in [1.54, 1.807) is 0 Å². The first-order chi connectivity index (χ1) is 13.8. The van der Waals surface area contributed by atoms with Crippen LogP contribution in [0.5, 0.6) is 0 Å². The number of carbonyl (C=O) groups is 1. The second-order valence-corrected chi connectivity index (χ2v) is 8.51. The van der Waals surface area contributed by atoms with E-state index in [0.717, 1.165) is 50.4 Å². The van der Waals surface area contributed by atoms with Gasteiger partial charge in [-0.15, -0.1) is 0 Å². The van der Waals surface area contributed by atoms with Crippen LogP contribution in [0.2, 0.25) is 0 Å². The molecule has 2 atom stereocenters. The Kier molecular flexibility index (Phi) is 5.11. The van der Waals surface area contributed by atoms with Crippen molar-refractivity contribution in [3.05, 3.63) is 45.1 Å². The quantitative estimate of drug-likeness (QED) is 0.776. The fraction of sp³-hybridized carbons (Fsp3) is 0.545. The number of nitrogens with two attached hydrogens (primary N) is 1. The van der Waals surface area contributed by atoms with Gasteiger partial charge in [0.15, 0.2) is 5.82 Å². The van der Waals surface area contributed by atoms with Gasteiger partial charge in [-0.3, -0.25) is 9.20 Å². The van der Waals surface area contributed by atoms with Crippen molar-refractivity contribution in [2.24, 2.45) is 11.7 Å². The lowest BCUT2D eigenvalue weighted by molar-refractivity contribution is 0.0694. The molecule has 2 aliphatic rings. The first kappa shape index (κ1) is 19.9. The number of aromatic nitrogens is 1. The van der Waals surface area contributed by atoms with Crippen molar-refractivity contribution < 1.29 is 14.3 Å². The van der Waals surface area contributed by atoms with Crippen LogP contribution in [0.3, 0.4) is 0 Å². The van der Waals surface area contributed by atoms with Gasteiger partial charge in [-0.1, -0.05) is 13.3 Å². The van der Waals surface area contributed by atoms with Gasteiger partial charge in [0.05, 0.1) is 17.4 Å². The molecule has 1 aliphatic heterocycles. The van der Waals surface area contributed by atoms with Crippen molar-refractivity contribution in [2.45, 2.75) is 57.9 Å². The molecule has 1 aliphatic carbocycles. The Hall–Kier alpha value is -2.41. The molecule has 0 radical (unpaired) electrons. The normalized spacial score (nSPS) is 20.4. The molecule has 1 saturated carbocycles. The minimum Gasteiger partial charge on any atom is -0.477 e. The largest absolute Gasteiger partial charge is 0.477 e. The van der Waals surface area contributed by atoms with Gasteiger partial charge in [0, 0.05) is 19.1 Å². The summed E-state index contributed by atoms with van der Waals surface area (Å²) in [5, 5.41) is 9.42. The smallest absolute Gasteiger partial charge is 0.341 e. The molecule has 6 nitrogen and oxygen atoms in total. The lowest BCUT2D eigenvalue weighted by Crippen LogP contribution is -2.33. The lowest BCUT2D eigenvalue weighted by atomic mass is 9.96. The zero-order chi connectivity index (χ0) is 20.9. The molecule has 3 N–H and O–H groups in total. The van der Waals surface area contributed by atoms with Crippen molar-refractivity contribution in [3.8, 4) is 0 Å². The number of aromatic carboxylic acids is 1. The van der Waals surface area contributed by atoms with Crippen LogP contribution in [-0.4, -0.2) is 34.6 Å². The summed E-state index contributed by atoms with van der Waals surface area (Å²) in [6, 6.07) is 1.60. The molecule has 0 spiro atoms. The molecule has 1 saturated heterocycles. The Morgan fingerprint density at radius 1 is 1.38 bits per heavy atom. The van der Waals surface area contributed by atoms with Crippen molar-refractivity contribution in [3.63, 3.8) is 0 Å². The molecule has 0 bridgehead atoms. The maximum absolute atomic E-state index is 15.2. The molecule has 3 heterocycles. The second-order valence-electron chi connectivity index (χ2n) is 8.51. The Balaban J connectivity index is 1.83. The predicted octanol–water partition coefficient (Wildman–Crippen LogP) is 3.28. The topological polar surface area (TPSA) is 88.0 Å². The molecular formula is C22H28FN3O3. The number of nitrogens with zero attached hydrogens (tertiary/aromatic N) is 2. The van der Waals surface area contributed by atoms with Crippen LogP contribution in [0.1, 0.15) is 66.4 Å². The summed E-state index contributed by atoms with van der Waals surface area (Å²) in [7, 11) is 0. The third kappa shape index (κ3) is 3.41. The maximum atomic E-state index is 15.2. The molecule has 1 unspecified atom stereocenters. The van der Waals surface area contributed by atoms with Gasteiger partial charge in [-0.05, 0) is 61.6 Å². The number of carboxylic acid groups (broad SMARTS) is 1. The number of aryl methyl sites for hydroxylation is 1. The zero-order valence-corrected chi connectivity index (χ0v) is 16.9. The van der Waals surface area contributed by atoms with Crippen molar-refractivity contribution in [1.82, 2.24) is 4.40 Å². The van der Waals surface area contributed by atoms with Crippen molar-refractivity contribution in [1.29, 1.82) is 0 Å². The Morgan fingerprint density at radius 2 is 2.10 bits per heavy atom. The number of anilines is 1. The van der Waals surface area contributed by atoms with E-state index in [2.05, 4.69) is 6.92 Å². The summed E-state index contributed by atoms with van der Waals surface area (Å²) >= 11 is 0. The first-order valence-corrected chi connectivity index (χ1v) is 10.5. The number of hydrogen-bond acceptors (Lipinski definition) is 4. The van der Waals surface area contributed by atoms with E-state index in [-0.39, 0.29) is 17.5 Å². The third-order valence-electron chi connectivity index (χ3n) is 6.46. The third-order valence-corrected chi connectivity index (χ3v) is 6.46. The van der Waals surface area contributed by atoms with Gasteiger partial charge in [-0.25, -0.2) is 9.18 Å². The fourth-order valence-electron chi connectivity index (χ4n) is 4.80. The molecule has 156 valence electrons. The average molecular weight is 401 g/mol. The first-order valence-electron chi connectivity index (χ1n) is 10.5. The molecule has 29 heavy (non-hydrogen) atoms. The van der Waals surface area contributed by atoms with Gasteiger partial charge in [-0.2, -0.15) is 0 Å². The van der Waals surface area contributed by atoms with E-state index in [0.29, 0.717) is 29.2 Å². The number of rotatable bonds is 6. The summed E-state index contributed by atoms with van der Waals surface area (Å²) in [4.78, 5) is 26.3. The molecule has 2 aromatic rings. The summed E-state index contributed by atoms with van der Waals surface area (Å²) in [5.41, 5.74) is 8.02. The highest BCUT2D eigenvalue weighted by atomic mass is 19.1. The van der Waals surface area contributed by atoms with Crippen LogP contribution in [-0.2, 0) is 0 Å². The van der Waals surface area contributed by atoms with Crippen molar-refractivity contribution >= 4 is 17.2 Å². The maximum Gasteiger partial charge on any atom is 0.341 e. The number of fused-ring (bicyclic) bond motifs is 1. The number of halogens is 1.